The lowest BCUT2D eigenvalue weighted by Gasteiger charge is -2.33. The summed E-state index contributed by atoms with van der Waals surface area (Å²) in [7, 11) is 0. The van der Waals surface area contributed by atoms with Crippen molar-refractivity contribution in [1.82, 2.24) is 14.7 Å². The topological polar surface area (TPSA) is 147 Å². The van der Waals surface area contributed by atoms with Crippen molar-refractivity contribution in [2.75, 3.05) is 10.6 Å². The zero-order chi connectivity index (χ0) is 27.0. The van der Waals surface area contributed by atoms with Gasteiger partial charge in [0.15, 0.2) is 5.69 Å². The molecule has 4 aromatic rings. The van der Waals surface area contributed by atoms with Crippen LogP contribution < -0.4 is 21.7 Å². The Morgan fingerprint density at radius 1 is 1.11 bits per heavy atom. The van der Waals surface area contributed by atoms with Crippen molar-refractivity contribution in [3.05, 3.63) is 75.9 Å². The van der Waals surface area contributed by atoms with Gasteiger partial charge in [-0.1, -0.05) is 43.2 Å². The van der Waals surface area contributed by atoms with Crippen molar-refractivity contribution < 1.29 is 14.4 Å². The molecule has 6 N–H and O–H groups in total. The molecule has 9 nitrogen and oxygen atoms in total. The highest BCUT2D eigenvalue weighted by Crippen LogP contribution is 2.38. The largest absolute Gasteiger partial charge is 0.395 e. The van der Waals surface area contributed by atoms with Crippen LogP contribution in [0, 0.1) is 13.8 Å². The van der Waals surface area contributed by atoms with Gasteiger partial charge in [0.2, 0.25) is 5.91 Å². The Morgan fingerprint density at radius 3 is 2.55 bits per heavy atom. The second kappa shape index (κ2) is 10.3. The average Bonchev–Trinajstić information content (AvgIpc) is 3.64. The van der Waals surface area contributed by atoms with Crippen molar-refractivity contribution in [2.24, 2.45) is 5.73 Å². The van der Waals surface area contributed by atoms with E-state index in [2.05, 4.69) is 14.7 Å². The third-order valence-electron chi connectivity index (χ3n) is 7.33. The van der Waals surface area contributed by atoms with Gasteiger partial charge in [-0.3, -0.25) is 19.3 Å². The normalized spacial score (nSPS) is 14.5. The average molecular weight is 531 g/mol. The molecule has 38 heavy (non-hydrogen) atoms. The molecule has 196 valence electrons. The highest BCUT2D eigenvalue weighted by Gasteiger charge is 2.38. The number of aromatic nitrogens is 2. The minimum absolute atomic E-state index is 0.0423. The van der Waals surface area contributed by atoms with E-state index in [0.29, 0.717) is 11.3 Å². The fraction of sp³-hybridized carbons (Fsp3) is 0.286. The molecule has 0 aliphatic heterocycles. The van der Waals surface area contributed by atoms with Gasteiger partial charge in [0.05, 0.1) is 5.69 Å². The van der Waals surface area contributed by atoms with Crippen LogP contribution in [0.4, 0.5) is 11.4 Å². The van der Waals surface area contributed by atoms with Crippen LogP contribution in [0.15, 0.2) is 48.7 Å². The molecule has 1 fully saturated rings. The molecule has 2 aromatic carbocycles. The molecule has 1 aliphatic rings. The number of amides is 3. The first kappa shape index (κ1) is 25.5. The van der Waals surface area contributed by atoms with Gasteiger partial charge in [0.1, 0.15) is 10.9 Å². The molecule has 1 saturated carbocycles. The molecule has 5 rings (SSSR count). The predicted molar refractivity (Wildman–Crippen MR) is 149 cm³/mol. The number of benzene rings is 2. The summed E-state index contributed by atoms with van der Waals surface area (Å²) in [5, 5.41) is 4.03. The van der Waals surface area contributed by atoms with Crippen LogP contribution in [-0.2, 0) is 4.79 Å². The van der Waals surface area contributed by atoms with Crippen LogP contribution in [0.1, 0.15) is 68.6 Å². The SMILES string of the molecule is Cc1cccc(N(C(=O)c2snc(C(N)=O)c2N)[C@@H](C(=O)NC2CCCC2)c2c[nH]c3ccccc23)c1C. The number of aryl methyl sites for hydroxylation is 1. The molecule has 0 spiro atoms. The molecule has 0 unspecified atom stereocenters. The van der Waals surface area contributed by atoms with Crippen molar-refractivity contribution in [3.63, 3.8) is 0 Å². The summed E-state index contributed by atoms with van der Waals surface area (Å²) in [6.07, 6.45) is 5.67. The molecule has 10 heteroatoms. The molecular weight excluding hydrogens is 500 g/mol. The third-order valence-corrected chi connectivity index (χ3v) is 8.18. The van der Waals surface area contributed by atoms with E-state index in [4.69, 9.17) is 11.5 Å². The maximum atomic E-state index is 14.4. The highest BCUT2D eigenvalue weighted by molar-refractivity contribution is 7.09. The number of carbonyl (C=O) groups is 3. The van der Waals surface area contributed by atoms with Gasteiger partial charge in [-0.25, -0.2) is 0 Å². The summed E-state index contributed by atoms with van der Waals surface area (Å²) in [5.74, 6) is -1.63. The zero-order valence-corrected chi connectivity index (χ0v) is 22.1. The smallest absolute Gasteiger partial charge is 0.273 e. The van der Waals surface area contributed by atoms with Crippen molar-refractivity contribution >= 4 is 51.5 Å². The lowest BCUT2D eigenvalue weighted by Crippen LogP contribution is -2.46. The number of nitrogen functional groups attached to an aromatic ring is 1. The number of hydrogen-bond donors (Lipinski definition) is 4. The Morgan fingerprint density at radius 2 is 1.84 bits per heavy atom. The highest BCUT2D eigenvalue weighted by atomic mass is 32.1. The number of nitrogens with zero attached hydrogens (tertiary/aromatic N) is 2. The zero-order valence-electron chi connectivity index (χ0n) is 21.3. The van der Waals surface area contributed by atoms with Crippen LogP contribution in [0.2, 0.25) is 0 Å². The number of hydrogen-bond acceptors (Lipinski definition) is 6. The summed E-state index contributed by atoms with van der Waals surface area (Å²) in [6.45, 7) is 3.87. The molecular formula is C28H30N6O3S. The minimum atomic E-state index is -1.02. The summed E-state index contributed by atoms with van der Waals surface area (Å²) >= 11 is 0.802. The fourth-order valence-corrected chi connectivity index (χ4v) is 5.91. The second-order valence-corrected chi connectivity index (χ2v) is 10.5. The summed E-state index contributed by atoms with van der Waals surface area (Å²) in [5.41, 5.74) is 15.3. The third kappa shape index (κ3) is 4.51. The van der Waals surface area contributed by atoms with E-state index in [1.807, 2.05) is 56.3 Å². The van der Waals surface area contributed by atoms with Crippen LogP contribution in [0.25, 0.3) is 10.9 Å². The van der Waals surface area contributed by atoms with Crippen LogP contribution in [0.5, 0.6) is 0 Å². The Hall–Kier alpha value is -4.18. The summed E-state index contributed by atoms with van der Waals surface area (Å²) in [4.78, 5) is 45.1. The van der Waals surface area contributed by atoms with Crippen LogP contribution >= 0.6 is 11.5 Å². The number of nitrogens with two attached hydrogens (primary N) is 2. The van der Waals surface area contributed by atoms with E-state index in [9.17, 15) is 14.4 Å². The van der Waals surface area contributed by atoms with E-state index in [1.165, 1.54) is 4.90 Å². The Kier molecular flexibility index (Phi) is 6.90. The molecule has 0 bridgehead atoms. The lowest BCUT2D eigenvalue weighted by atomic mass is 9.99. The molecule has 2 aromatic heterocycles. The number of para-hydroxylation sites is 1. The number of anilines is 2. The summed E-state index contributed by atoms with van der Waals surface area (Å²) in [6, 6.07) is 12.3. The number of aromatic amines is 1. The van der Waals surface area contributed by atoms with Crippen molar-refractivity contribution in [2.45, 2.75) is 51.6 Å². The lowest BCUT2D eigenvalue weighted by molar-refractivity contribution is -0.123. The summed E-state index contributed by atoms with van der Waals surface area (Å²) < 4.78 is 4.04. The number of fused-ring (bicyclic) bond motifs is 1. The van der Waals surface area contributed by atoms with Gasteiger partial charge in [0.25, 0.3) is 11.8 Å². The standard InChI is InChI=1S/C28H30N6O3S/c1-15-8-7-13-21(16(15)2)34(28(37)25-22(29)23(26(30)35)33-38-25)24(27(36)32-17-9-3-4-10-17)19-14-31-20-12-6-5-11-18(19)20/h5-8,11-14,17,24,31H,3-4,9-10,29H2,1-2H3,(H2,30,35)(H,32,36)/t24-/m1/s1. The number of carbonyl (C=O) groups excluding carboxylic acids is 3. The Labute approximate surface area is 224 Å². The fourth-order valence-electron chi connectivity index (χ4n) is 5.17. The van der Waals surface area contributed by atoms with Gasteiger partial charge in [-0.2, -0.15) is 4.37 Å². The first-order chi connectivity index (χ1) is 18.3. The van der Waals surface area contributed by atoms with Gasteiger partial charge in [-0.05, 0) is 61.5 Å². The van der Waals surface area contributed by atoms with Crippen LogP contribution in [0.3, 0.4) is 0 Å². The predicted octanol–water partition coefficient (Wildman–Crippen LogP) is 4.37. The van der Waals surface area contributed by atoms with Crippen molar-refractivity contribution in [1.29, 1.82) is 0 Å². The van der Waals surface area contributed by atoms with E-state index in [0.717, 1.165) is 59.2 Å². The number of primary amides is 1. The van der Waals surface area contributed by atoms with E-state index in [-0.39, 0.29) is 28.2 Å². The van der Waals surface area contributed by atoms with E-state index >= 15 is 0 Å². The van der Waals surface area contributed by atoms with Gasteiger partial charge in [-0.15, -0.1) is 0 Å². The van der Waals surface area contributed by atoms with E-state index in [1.54, 1.807) is 6.20 Å². The number of H-pyrrole nitrogens is 1. The van der Waals surface area contributed by atoms with Gasteiger partial charge in [0, 0.05) is 34.4 Å². The molecule has 2 heterocycles. The minimum Gasteiger partial charge on any atom is -0.395 e. The quantitative estimate of drug-likeness (QED) is 0.280. The Balaban J connectivity index is 1.72. The number of nitrogens with one attached hydrogen (secondary N) is 2. The monoisotopic (exact) mass is 530 g/mol. The Bertz CT molecular complexity index is 1530. The first-order valence-corrected chi connectivity index (χ1v) is 13.4. The molecule has 3 amide bonds. The van der Waals surface area contributed by atoms with E-state index < -0.39 is 17.9 Å². The maximum absolute atomic E-state index is 14.4. The first-order valence-electron chi connectivity index (χ1n) is 12.6. The second-order valence-electron chi connectivity index (χ2n) is 9.71. The number of rotatable bonds is 7. The molecule has 0 radical (unpaired) electrons. The van der Waals surface area contributed by atoms with Gasteiger partial charge >= 0.3 is 0 Å². The maximum Gasteiger partial charge on any atom is 0.273 e. The van der Waals surface area contributed by atoms with Crippen LogP contribution in [-0.4, -0.2) is 33.1 Å². The molecule has 0 saturated heterocycles. The van der Waals surface area contributed by atoms with Gasteiger partial charge < -0.3 is 21.8 Å². The van der Waals surface area contributed by atoms with Crippen molar-refractivity contribution in [3.8, 4) is 0 Å². The molecule has 1 aliphatic carbocycles. The molecule has 1 atom stereocenters.